The minimum atomic E-state index is -0.113. The van der Waals surface area contributed by atoms with Gasteiger partial charge < -0.3 is 10.6 Å². The number of rotatable bonds is 6. The molecule has 0 aromatic heterocycles. The topological polar surface area (TPSA) is 41.1 Å². The highest BCUT2D eigenvalue weighted by atomic mass is 35.5. The molecular formula is C13H16Cl2N2O. The van der Waals surface area contributed by atoms with Gasteiger partial charge in [0.2, 0.25) is 5.91 Å². The number of halogens is 2. The first-order chi connectivity index (χ1) is 8.54. The fourth-order valence-electron chi connectivity index (χ4n) is 1.45. The van der Waals surface area contributed by atoms with E-state index in [4.69, 9.17) is 23.2 Å². The molecule has 0 saturated carbocycles. The Morgan fingerprint density at radius 1 is 1.44 bits per heavy atom. The molecule has 0 radical (unpaired) electrons. The summed E-state index contributed by atoms with van der Waals surface area (Å²) >= 11 is 11.8. The lowest BCUT2D eigenvalue weighted by Gasteiger charge is -2.15. The lowest BCUT2D eigenvalue weighted by molar-refractivity contribution is -0.120. The third-order valence-corrected chi connectivity index (χ3v) is 3.13. The molecular weight excluding hydrogens is 271 g/mol. The molecule has 98 valence electrons. The third-order valence-electron chi connectivity index (χ3n) is 2.40. The Balaban J connectivity index is 2.53. The molecule has 0 aliphatic heterocycles. The number of nitrogens with one attached hydrogen (secondary N) is 2. The molecule has 0 fully saturated rings. The van der Waals surface area contributed by atoms with Gasteiger partial charge in [0.25, 0.3) is 0 Å². The van der Waals surface area contributed by atoms with E-state index in [2.05, 4.69) is 17.2 Å². The second-order valence-corrected chi connectivity index (χ2v) is 4.70. The summed E-state index contributed by atoms with van der Waals surface area (Å²) in [4.78, 5) is 11.6. The molecule has 18 heavy (non-hydrogen) atoms. The normalized spacial score (nSPS) is 11.9. The van der Waals surface area contributed by atoms with Gasteiger partial charge in [-0.1, -0.05) is 35.3 Å². The van der Waals surface area contributed by atoms with Gasteiger partial charge in [0.1, 0.15) is 0 Å². The van der Waals surface area contributed by atoms with Crippen molar-refractivity contribution < 1.29 is 4.79 Å². The molecule has 0 aliphatic carbocycles. The zero-order valence-electron chi connectivity index (χ0n) is 10.2. The minimum absolute atomic E-state index is 0.0737. The second kappa shape index (κ2) is 7.41. The van der Waals surface area contributed by atoms with Gasteiger partial charge in [-0.2, -0.15) is 0 Å². The van der Waals surface area contributed by atoms with Crippen LogP contribution in [0.3, 0.4) is 0 Å². The molecule has 0 heterocycles. The molecule has 1 rings (SSSR count). The highest BCUT2D eigenvalue weighted by Gasteiger charge is 2.10. The molecule has 1 aromatic rings. The highest BCUT2D eigenvalue weighted by Crippen LogP contribution is 2.25. The summed E-state index contributed by atoms with van der Waals surface area (Å²) in [5, 5.41) is 6.79. The maximum atomic E-state index is 11.6. The lowest BCUT2D eigenvalue weighted by atomic mass is 10.1. The van der Waals surface area contributed by atoms with E-state index < -0.39 is 0 Å². The smallest absolute Gasteiger partial charge is 0.234 e. The van der Waals surface area contributed by atoms with E-state index >= 15 is 0 Å². The lowest BCUT2D eigenvalue weighted by Crippen LogP contribution is -2.35. The summed E-state index contributed by atoms with van der Waals surface area (Å²) < 4.78 is 0. The van der Waals surface area contributed by atoms with Crippen molar-refractivity contribution in [2.75, 3.05) is 13.1 Å². The molecule has 3 nitrogen and oxygen atoms in total. The first-order valence-electron chi connectivity index (χ1n) is 5.60. The van der Waals surface area contributed by atoms with E-state index in [0.717, 1.165) is 5.56 Å². The quantitative estimate of drug-likeness (QED) is 0.624. The van der Waals surface area contributed by atoms with Gasteiger partial charge in [-0.3, -0.25) is 4.79 Å². The van der Waals surface area contributed by atoms with Crippen molar-refractivity contribution in [2.45, 2.75) is 13.0 Å². The average Bonchev–Trinajstić information content (AvgIpc) is 2.33. The van der Waals surface area contributed by atoms with Gasteiger partial charge >= 0.3 is 0 Å². The number of carbonyl (C=O) groups excluding carboxylic acids is 1. The van der Waals surface area contributed by atoms with E-state index in [-0.39, 0.29) is 18.5 Å². The minimum Gasteiger partial charge on any atom is -0.348 e. The van der Waals surface area contributed by atoms with Gasteiger partial charge in [-0.15, -0.1) is 6.58 Å². The number of hydrogen-bond donors (Lipinski definition) is 2. The summed E-state index contributed by atoms with van der Waals surface area (Å²) in [5.74, 6) is -0.0737. The van der Waals surface area contributed by atoms with Crippen LogP contribution in [-0.2, 0) is 4.79 Å². The van der Waals surface area contributed by atoms with E-state index in [0.29, 0.717) is 16.6 Å². The van der Waals surface area contributed by atoms with Crippen LogP contribution in [0.25, 0.3) is 0 Å². The summed E-state index contributed by atoms with van der Waals surface area (Å²) in [6.07, 6.45) is 1.70. The van der Waals surface area contributed by atoms with Gasteiger partial charge in [0.05, 0.1) is 22.6 Å². The van der Waals surface area contributed by atoms with Crippen LogP contribution in [0.2, 0.25) is 10.0 Å². The van der Waals surface area contributed by atoms with Crippen molar-refractivity contribution in [3.05, 3.63) is 46.5 Å². The predicted molar refractivity (Wildman–Crippen MR) is 76.1 cm³/mol. The molecule has 0 aliphatic rings. The SMILES string of the molecule is C=CCNCC(=O)NC(C)c1ccc(Cl)c(Cl)c1. The van der Waals surface area contributed by atoms with Crippen LogP contribution in [0, 0.1) is 0 Å². The fourth-order valence-corrected chi connectivity index (χ4v) is 1.75. The van der Waals surface area contributed by atoms with Gasteiger partial charge in [0.15, 0.2) is 0 Å². The van der Waals surface area contributed by atoms with Gasteiger partial charge in [-0.05, 0) is 24.6 Å². The predicted octanol–water partition coefficient (Wildman–Crippen LogP) is 2.95. The van der Waals surface area contributed by atoms with Crippen molar-refractivity contribution >= 4 is 29.1 Å². The molecule has 1 atom stereocenters. The molecule has 0 bridgehead atoms. The average molecular weight is 287 g/mol. The molecule has 1 aromatic carbocycles. The van der Waals surface area contributed by atoms with Crippen molar-refractivity contribution in [2.24, 2.45) is 0 Å². The van der Waals surface area contributed by atoms with Crippen molar-refractivity contribution in [1.82, 2.24) is 10.6 Å². The maximum absolute atomic E-state index is 11.6. The van der Waals surface area contributed by atoms with Crippen LogP contribution in [0.1, 0.15) is 18.5 Å². The Kier molecular flexibility index (Phi) is 6.19. The van der Waals surface area contributed by atoms with Crippen LogP contribution >= 0.6 is 23.2 Å². The molecule has 1 amide bonds. The van der Waals surface area contributed by atoms with Gasteiger partial charge in [-0.25, -0.2) is 0 Å². The van der Waals surface area contributed by atoms with Crippen LogP contribution in [0.15, 0.2) is 30.9 Å². The van der Waals surface area contributed by atoms with Crippen LogP contribution < -0.4 is 10.6 Å². The zero-order chi connectivity index (χ0) is 13.5. The van der Waals surface area contributed by atoms with E-state index in [1.54, 1.807) is 18.2 Å². The first-order valence-corrected chi connectivity index (χ1v) is 6.36. The number of amides is 1. The maximum Gasteiger partial charge on any atom is 0.234 e. The monoisotopic (exact) mass is 286 g/mol. The Morgan fingerprint density at radius 3 is 2.78 bits per heavy atom. The van der Waals surface area contributed by atoms with Crippen LogP contribution in [-0.4, -0.2) is 19.0 Å². The van der Waals surface area contributed by atoms with E-state index in [1.165, 1.54) is 0 Å². The Hall–Kier alpha value is -1.03. The molecule has 5 heteroatoms. The van der Waals surface area contributed by atoms with Crippen molar-refractivity contribution in [3.8, 4) is 0 Å². The third kappa shape index (κ3) is 4.69. The number of hydrogen-bond acceptors (Lipinski definition) is 2. The van der Waals surface area contributed by atoms with Crippen LogP contribution in [0.5, 0.6) is 0 Å². The Bertz CT molecular complexity index is 435. The first kappa shape index (κ1) is 15.0. The largest absolute Gasteiger partial charge is 0.348 e. The number of carbonyl (C=O) groups is 1. The standard InChI is InChI=1S/C13H16Cl2N2O/c1-3-6-16-8-13(18)17-9(2)10-4-5-11(14)12(15)7-10/h3-5,7,9,16H,1,6,8H2,2H3,(H,17,18). The van der Waals surface area contributed by atoms with Gasteiger partial charge in [0, 0.05) is 6.54 Å². The Morgan fingerprint density at radius 2 is 2.17 bits per heavy atom. The molecule has 0 saturated heterocycles. The van der Waals surface area contributed by atoms with E-state index in [9.17, 15) is 4.79 Å². The highest BCUT2D eigenvalue weighted by molar-refractivity contribution is 6.42. The van der Waals surface area contributed by atoms with Crippen molar-refractivity contribution in [1.29, 1.82) is 0 Å². The number of benzene rings is 1. The molecule has 2 N–H and O–H groups in total. The summed E-state index contributed by atoms with van der Waals surface area (Å²) in [5.41, 5.74) is 0.918. The summed E-state index contributed by atoms with van der Waals surface area (Å²) in [6, 6.07) is 5.21. The zero-order valence-corrected chi connectivity index (χ0v) is 11.7. The van der Waals surface area contributed by atoms with E-state index in [1.807, 2.05) is 13.0 Å². The molecule has 0 spiro atoms. The molecule has 1 unspecified atom stereocenters. The summed E-state index contributed by atoms with van der Waals surface area (Å²) in [6.45, 7) is 6.32. The fraction of sp³-hybridized carbons (Fsp3) is 0.308. The van der Waals surface area contributed by atoms with Crippen LogP contribution in [0.4, 0.5) is 0 Å². The van der Waals surface area contributed by atoms with Crippen molar-refractivity contribution in [3.63, 3.8) is 0 Å². The Labute approximate surface area is 117 Å². The summed E-state index contributed by atoms with van der Waals surface area (Å²) in [7, 11) is 0. The second-order valence-electron chi connectivity index (χ2n) is 3.88.